The number of likely N-dealkylation sites (tertiary alicyclic amines) is 1. The summed E-state index contributed by atoms with van der Waals surface area (Å²) >= 11 is 0. The first-order valence-electron chi connectivity index (χ1n) is 9.81. The Morgan fingerprint density at radius 2 is 1.67 bits per heavy atom. The summed E-state index contributed by atoms with van der Waals surface area (Å²) < 4.78 is 5.08. The van der Waals surface area contributed by atoms with Gasteiger partial charge in [0, 0.05) is 35.5 Å². The highest BCUT2D eigenvalue weighted by molar-refractivity contribution is 6.05. The molecule has 0 atom stereocenters. The normalized spacial score (nSPS) is 13.2. The molecule has 0 unspecified atom stereocenters. The van der Waals surface area contributed by atoms with E-state index in [1.807, 2.05) is 11.0 Å². The maximum absolute atomic E-state index is 12.8. The Kier molecular flexibility index (Phi) is 5.70. The number of benzene rings is 2. The maximum Gasteiger partial charge on any atom is 0.255 e. The minimum Gasteiger partial charge on any atom is -0.494 e. The van der Waals surface area contributed by atoms with Gasteiger partial charge < -0.3 is 15.0 Å². The van der Waals surface area contributed by atoms with Crippen LogP contribution in [0.4, 0.5) is 5.69 Å². The largest absolute Gasteiger partial charge is 0.494 e. The molecule has 1 saturated heterocycles. The predicted octanol–water partition coefficient (Wildman–Crippen LogP) is 3.64. The van der Waals surface area contributed by atoms with Crippen molar-refractivity contribution in [2.24, 2.45) is 0 Å². The van der Waals surface area contributed by atoms with Crippen LogP contribution in [0.25, 0.3) is 11.4 Å². The van der Waals surface area contributed by atoms with Gasteiger partial charge in [-0.15, -0.1) is 0 Å². The summed E-state index contributed by atoms with van der Waals surface area (Å²) in [5.41, 5.74) is 2.36. The maximum atomic E-state index is 12.8. The lowest BCUT2D eigenvalue weighted by atomic mass is 10.1. The second-order valence-electron chi connectivity index (χ2n) is 7.06. The Hall–Kier alpha value is -3.74. The fourth-order valence-electron chi connectivity index (χ4n) is 3.41. The molecule has 0 bridgehead atoms. The van der Waals surface area contributed by atoms with Gasteiger partial charge in [-0.2, -0.15) is 0 Å². The van der Waals surface area contributed by atoms with Crippen LogP contribution in [0.2, 0.25) is 0 Å². The lowest BCUT2D eigenvalue weighted by molar-refractivity contribution is 0.0792. The van der Waals surface area contributed by atoms with E-state index in [-0.39, 0.29) is 11.8 Å². The molecule has 1 aliphatic rings. The Bertz CT molecular complexity index is 1060. The Labute approximate surface area is 174 Å². The van der Waals surface area contributed by atoms with Crippen LogP contribution in [0.3, 0.4) is 0 Å². The van der Waals surface area contributed by atoms with E-state index in [0.29, 0.717) is 28.4 Å². The van der Waals surface area contributed by atoms with E-state index >= 15 is 0 Å². The van der Waals surface area contributed by atoms with E-state index in [0.717, 1.165) is 31.5 Å². The zero-order valence-electron chi connectivity index (χ0n) is 16.7. The molecule has 0 spiro atoms. The molecule has 152 valence electrons. The smallest absolute Gasteiger partial charge is 0.255 e. The first-order chi connectivity index (χ1) is 14.6. The third-order valence-electron chi connectivity index (χ3n) is 5.01. The van der Waals surface area contributed by atoms with Gasteiger partial charge in [-0.3, -0.25) is 9.59 Å². The van der Waals surface area contributed by atoms with Crippen molar-refractivity contribution in [3.05, 3.63) is 72.1 Å². The van der Waals surface area contributed by atoms with Gasteiger partial charge >= 0.3 is 0 Å². The van der Waals surface area contributed by atoms with Crippen LogP contribution in [0.15, 0.2) is 60.9 Å². The van der Waals surface area contributed by atoms with Crippen molar-refractivity contribution < 1.29 is 14.3 Å². The van der Waals surface area contributed by atoms with E-state index in [9.17, 15) is 9.59 Å². The molecule has 2 amide bonds. The van der Waals surface area contributed by atoms with E-state index in [2.05, 4.69) is 15.3 Å². The summed E-state index contributed by atoms with van der Waals surface area (Å²) in [6.45, 7) is 1.57. The minimum atomic E-state index is -0.267. The topological polar surface area (TPSA) is 84.4 Å². The fourth-order valence-corrected chi connectivity index (χ4v) is 3.41. The quantitative estimate of drug-likeness (QED) is 0.704. The number of carbonyl (C=O) groups excluding carboxylic acids is 2. The summed E-state index contributed by atoms with van der Waals surface area (Å²) in [6.07, 6.45) is 5.24. The third kappa shape index (κ3) is 4.30. The standard InChI is InChI=1S/C23H22N4O3/c1-30-20-14-24-21(25-15-20)16-6-4-7-17(12-16)22(28)26-19-9-5-8-18(13-19)23(29)27-10-2-3-11-27/h4-9,12-15H,2-3,10-11H2,1H3,(H,26,28). The Balaban J connectivity index is 1.50. The molecule has 3 aromatic rings. The van der Waals surface area contributed by atoms with Crippen molar-refractivity contribution in [3.63, 3.8) is 0 Å². The minimum absolute atomic E-state index is 0.00208. The molecular weight excluding hydrogens is 380 g/mol. The molecular formula is C23H22N4O3. The average molecular weight is 402 g/mol. The van der Waals surface area contributed by atoms with E-state index in [1.54, 1.807) is 62.0 Å². The van der Waals surface area contributed by atoms with Crippen molar-refractivity contribution in [1.29, 1.82) is 0 Å². The van der Waals surface area contributed by atoms with Crippen LogP contribution in [-0.2, 0) is 0 Å². The van der Waals surface area contributed by atoms with Crippen LogP contribution in [-0.4, -0.2) is 46.9 Å². The average Bonchev–Trinajstić information content (AvgIpc) is 3.34. The summed E-state index contributed by atoms with van der Waals surface area (Å²) in [5, 5.41) is 2.87. The summed E-state index contributed by atoms with van der Waals surface area (Å²) in [5.74, 6) is 0.804. The second-order valence-corrected chi connectivity index (χ2v) is 7.06. The first kappa shape index (κ1) is 19.6. The molecule has 2 heterocycles. The molecule has 4 rings (SSSR count). The monoisotopic (exact) mass is 402 g/mol. The van der Waals surface area contributed by atoms with Crippen molar-refractivity contribution >= 4 is 17.5 Å². The number of hydrogen-bond acceptors (Lipinski definition) is 5. The number of ether oxygens (including phenoxy) is 1. The number of aromatic nitrogens is 2. The number of amides is 2. The number of carbonyl (C=O) groups is 2. The second kappa shape index (κ2) is 8.73. The molecule has 1 N–H and O–H groups in total. The molecule has 1 aromatic heterocycles. The molecule has 2 aromatic carbocycles. The predicted molar refractivity (Wildman–Crippen MR) is 114 cm³/mol. The van der Waals surface area contributed by atoms with Crippen LogP contribution < -0.4 is 10.1 Å². The number of hydrogen-bond donors (Lipinski definition) is 1. The number of rotatable bonds is 5. The first-order valence-corrected chi connectivity index (χ1v) is 9.81. The molecule has 0 radical (unpaired) electrons. The van der Waals surface area contributed by atoms with Crippen molar-refractivity contribution in [2.45, 2.75) is 12.8 Å². The van der Waals surface area contributed by atoms with Crippen molar-refractivity contribution in [3.8, 4) is 17.1 Å². The summed E-state index contributed by atoms with van der Waals surface area (Å²) in [4.78, 5) is 35.7. The number of methoxy groups -OCH3 is 1. The molecule has 0 saturated carbocycles. The zero-order valence-corrected chi connectivity index (χ0v) is 16.7. The van der Waals surface area contributed by atoms with Crippen LogP contribution in [0, 0.1) is 0 Å². The highest BCUT2D eigenvalue weighted by Crippen LogP contribution is 2.20. The SMILES string of the molecule is COc1cnc(-c2cccc(C(=O)Nc3cccc(C(=O)N4CCCC4)c3)c2)nc1. The Morgan fingerprint density at radius 3 is 2.40 bits per heavy atom. The van der Waals surface area contributed by atoms with Crippen LogP contribution >= 0.6 is 0 Å². The highest BCUT2D eigenvalue weighted by atomic mass is 16.5. The third-order valence-corrected chi connectivity index (χ3v) is 5.01. The lowest BCUT2D eigenvalue weighted by Gasteiger charge is -2.16. The number of anilines is 1. The van der Waals surface area contributed by atoms with Crippen LogP contribution in [0.1, 0.15) is 33.6 Å². The molecule has 30 heavy (non-hydrogen) atoms. The molecule has 7 heteroatoms. The van der Waals surface area contributed by atoms with Gasteiger partial charge in [-0.05, 0) is 43.2 Å². The van der Waals surface area contributed by atoms with Gasteiger partial charge in [0.15, 0.2) is 11.6 Å². The summed E-state index contributed by atoms with van der Waals surface area (Å²) in [6, 6.07) is 14.1. The van der Waals surface area contributed by atoms with E-state index in [4.69, 9.17) is 4.74 Å². The number of nitrogens with zero attached hydrogens (tertiary/aromatic N) is 3. The van der Waals surface area contributed by atoms with Crippen molar-refractivity contribution in [1.82, 2.24) is 14.9 Å². The van der Waals surface area contributed by atoms with Gasteiger partial charge in [-0.1, -0.05) is 18.2 Å². The van der Waals surface area contributed by atoms with E-state index in [1.165, 1.54) is 0 Å². The van der Waals surface area contributed by atoms with Gasteiger partial charge in [0.25, 0.3) is 11.8 Å². The van der Waals surface area contributed by atoms with Crippen molar-refractivity contribution in [2.75, 3.05) is 25.5 Å². The van der Waals surface area contributed by atoms with E-state index < -0.39 is 0 Å². The molecule has 1 fully saturated rings. The summed E-state index contributed by atoms with van der Waals surface area (Å²) in [7, 11) is 1.55. The van der Waals surface area contributed by atoms with Crippen LogP contribution in [0.5, 0.6) is 5.75 Å². The van der Waals surface area contributed by atoms with Gasteiger partial charge in [0.2, 0.25) is 0 Å². The molecule has 0 aliphatic carbocycles. The fraction of sp³-hybridized carbons (Fsp3) is 0.217. The van der Waals surface area contributed by atoms with Gasteiger partial charge in [0.05, 0.1) is 19.5 Å². The van der Waals surface area contributed by atoms with Gasteiger partial charge in [0.1, 0.15) is 0 Å². The highest BCUT2D eigenvalue weighted by Gasteiger charge is 2.19. The Morgan fingerprint density at radius 1 is 0.967 bits per heavy atom. The lowest BCUT2D eigenvalue weighted by Crippen LogP contribution is -2.27. The number of nitrogens with one attached hydrogen (secondary N) is 1. The zero-order chi connectivity index (χ0) is 20.9. The molecule has 1 aliphatic heterocycles. The van der Waals surface area contributed by atoms with Gasteiger partial charge in [-0.25, -0.2) is 9.97 Å². The molecule has 7 nitrogen and oxygen atoms in total.